The second kappa shape index (κ2) is 7.45. The van der Waals surface area contributed by atoms with E-state index < -0.39 is 0 Å². The van der Waals surface area contributed by atoms with Gasteiger partial charge < -0.3 is 15.0 Å². The van der Waals surface area contributed by atoms with Crippen LogP contribution in [0, 0.1) is 6.92 Å². The zero-order valence-corrected chi connectivity index (χ0v) is 13.5. The molecule has 0 unspecified atom stereocenters. The summed E-state index contributed by atoms with van der Waals surface area (Å²) in [5.41, 5.74) is 2.42. The third kappa shape index (κ3) is 4.57. The summed E-state index contributed by atoms with van der Waals surface area (Å²) in [6.45, 7) is 3.37. The first-order valence-corrected chi connectivity index (χ1v) is 7.28. The molecule has 0 saturated heterocycles. The van der Waals surface area contributed by atoms with Gasteiger partial charge in [-0.3, -0.25) is 9.59 Å². The summed E-state index contributed by atoms with van der Waals surface area (Å²) < 4.78 is 5.12. The molecule has 0 atom stereocenters. The van der Waals surface area contributed by atoms with Crippen molar-refractivity contribution in [1.29, 1.82) is 0 Å². The first-order chi connectivity index (χ1) is 11.0. The van der Waals surface area contributed by atoms with E-state index in [1.807, 2.05) is 31.2 Å². The highest BCUT2D eigenvalue weighted by Crippen LogP contribution is 2.18. The van der Waals surface area contributed by atoms with Gasteiger partial charge in [-0.2, -0.15) is 0 Å². The molecule has 0 aromatic heterocycles. The van der Waals surface area contributed by atoms with E-state index in [9.17, 15) is 9.59 Å². The molecule has 0 aliphatic heterocycles. The highest BCUT2D eigenvalue weighted by Gasteiger charge is 2.15. The van der Waals surface area contributed by atoms with Gasteiger partial charge in [0.15, 0.2) is 0 Å². The number of amides is 2. The quantitative estimate of drug-likeness (QED) is 0.923. The fourth-order valence-electron chi connectivity index (χ4n) is 2.15. The Morgan fingerprint density at radius 2 is 1.83 bits per heavy atom. The number of hydrogen-bond acceptors (Lipinski definition) is 3. The largest absolute Gasteiger partial charge is 0.497 e. The lowest BCUT2D eigenvalue weighted by Crippen LogP contribution is -2.36. The lowest BCUT2D eigenvalue weighted by molar-refractivity contribution is -0.120. The van der Waals surface area contributed by atoms with Gasteiger partial charge in [0.1, 0.15) is 12.3 Å². The molecule has 0 aliphatic rings. The molecule has 23 heavy (non-hydrogen) atoms. The van der Waals surface area contributed by atoms with E-state index in [0.29, 0.717) is 17.1 Å². The third-order valence-corrected chi connectivity index (χ3v) is 3.38. The smallest absolute Gasteiger partial charge is 0.244 e. The van der Waals surface area contributed by atoms with Crippen LogP contribution >= 0.6 is 0 Å². The zero-order valence-electron chi connectivity index (χ0n) is 13.5. The molecule has 0 heterocycles. The minimum absolute atomic E-state index is 0.0460. The van der Waals surface area contributed by atoms with E-state index in [4.69, 9.17) is 4.74 Å². The molecule has 2 rings (SSSR count). The third-order valence-electron chi connectivity index (χ3n) is 3.38. The predicted octanol–water partition coefficient (Wildman–Crippen LogP) is 3.00. The van der Waals surface area contributed by atoms with Crippen molar-refractivity contribution in [3.63, 3.8) is 0 Å². The van der Waals surface area contributed by atoms with Crippen LogP contribution in [-0.2, 0) is 9.59 Å². The van der Waals surface area contributed by atoms with E-state index in [-0.39, 0.29) is 18.4 Å². The summed E-state index contributed by atoms with van der Waals surface area (Å²) >= 11 is 0. The van der Waals surface area contributed by atoms with E-state index in [1.165, 1.54) is 11.8 Å². The Kier molecular flexibility index (Phi) is 5.36. The fourth-order valence-corrected chi connectivity index (χ4v) is 2.15. The molecule has 120 valence electrons. The molecule has 1 N–H and O–H groups in total. The highest BCUT2D eigenvalue weighted by atomic mass is 16.5. The number of aryl methyl sites for hydroxylation is 1. The van der Waals surface area contributed by atoms with Crippen molar-refractivity contribution in [2.75, 3.05) is 23.9 Å². The SMILES string of the molecule is COc1cccc(NC(=O)CN(C(C)=O)c2ccc(C)cc2)c1. The number of benzene rings is 2. The summed E-state index contributed by atoms with van der Waals surface area (Å²) in [6, 6.07) is 14.6. The monoisotopic (exact) mass is 312 g/mol. The van der Waals surface area contributed by atoms with Crippen LogP contribution in [0.2, 0.25) is 0 Å². The van der Waals surface area contributed by atoms with Crippen molar-refractivity contribution >= 4 is 23.2 Å². The second-order valence-corrected chi connectivity index (χ2v) is 5.22. The number of methoxy groups -OCH3 is 1. The molecule has 0 radical (unpaired) electrons. The number of anilines is 2. The van der Waals surface area contributed by atoms with Gasteiger partial charge >= 0.3 is 0 Å². The van der Waals surface area contributed by atoms with Gasteiger partial charge in [-0.05, 0) is 31.2 Å². The van der Waals surface area contributed by atoms with Crippen LogP contribution in [0.25, 0.3) is 0 Å². The summed E-state index contributed by atoms with van der Waals surface area (Å²) in [6.07, 6.45) is 0. The van der Waals surface area contributed by atoms with E-state index in [1.54, 1.807) is 31.4 Å². The molecular formula is C18H20N2O3. The summed E-state index contributed by atoms with van der Waals surface area (Å²) in [7, 11) is 1.57. The van der Waals surface area contributed by atoms with Gasteiger partial charge in [0.2, 0.25) is 11.8 Å². The molecule has 2 amide bonds. The highest BCUT2D eigenvalue weighted by molar-refractivity contribution is 6.01. The fraction of sp³-hybridized carbons (Fsp3) is 0.222. The van der Waals surface area contributed by atoms with E-state index >= 15 is 0 Å². The maximum absolute atomic E-state index is 12.2. The zero-order chi connectivity index (χ0) is 16.8. The van der Waals surface area contributed by atoms with Gasteiger partial charge in [-0.1, -0.05) is 23.8 Å². The van der Waals surface area contributed by atoms with Crippen molar-refractivity contribution in [2.45, 2.75) is 13.8 Å². The standard InChI is InChI=1S/C18H20N2O3/c1-13-7-9-16(10-8-13)20(14(2)21)12-18(22)19-15-5-4-6-17(11-15)23-3/h4-11H,12H2,1-3H3,(H,19,22). The van der Waals surface area contributed by atoms with E-state index in [2.05, 4.69) is 5.32 Å². The number of carbonyl (C=O) groups is 2. The molecule has 0 saturated carbocycles. The molecule has 0 spiro atoms. The first-order valence-electron chi connectivity index (χ1n) is 7.28. The van der Waals surface area contributed by atoms with Crippen LogP contribution in [0.5, 0.6) is 5.75 Å². The molecule has 0 aliphatic carbocycles. The number of hydrogen-bond donors (Lipinski definition) is 1. The normalized spacial score (nSPS) is 10.0. The molecule has 5 heteroatoms. The lowest BCUT2D eigenvalue weighted by atomic mass is 10.2. The topological polar surface area (TPSA) is 58.6 Å². The maximum atomic E-state index is 12.2. The Bertz CT molecular complexity index is 696. The van der Waals surface area contributed by atoms with Crippen LogP contribution in [0.15, 0.2) is 48.5 Å². The Balaban J connectivity index is 2.09. The van der Waals surface area contributed by atoms with Crippen LogP contribution in [0.1, 0.15) is 12.5 Å². The lowest BCUT2D eigenvalue weighted by Gasteiger charge is -2.21. The van der Waals surface area contributed by atoms with Crippen molar-refractivity contribution < 1.29 is 14.3 Å². The second-order valence-electron chi connectivity index (χ2n) is 5.22. The molecular weight excluding hydrogens is 292 g/mol. The molecule has 0 bridgehead atoms. The van der Waals surface area contributed by atoms with Gasteiger partial charge in [-0.15, -0.1) is 0 Å². The molecule has 2 aromatic rings. The average Bonchev–Trinajstić information content (AvgIpc) is 2.53. The summed E-state index contributed by atoms with van der Waals surface area (Å²) in [5, 5.41) is 2.77. The molecule has 0 fully saturated rings. The molecule has 5 nitrogen and oxygen atoms in total. The Labute approximate surface area is 135 Å². The minimum Gasteiger partial charge on any atom is -0.497 e. The van der Waals surface area contributed by atoms with Crippen LogP contribution < -0.4 is 15.0 Å². The Morgan fingerprint density at radius 1 is 1.13 bits per heavy atom. The van der Waals surface area contributed by atoms with Gasteiger partial charge in [-0.25, -0.2) is 0 Å². The number of rotatable bonds is 5. The maximum Gasteiger partial charge on any atom is 0.244 e. The van der Waals surface area contributed by atoms with Crippen molar-refractivity contribution in [3.05, 3.63) is 54.1 Å². The average molecular weight is 312 g/mol. The van der Waals surface area contributed by atoms with Crippen molar-refractivity contribution in [2.24, 2.45) is 0 Å². The number of nitrogens with zero attached hydrogens (tertiary/aromatic N) is 1. The Hall–Kier alpha value is -2.82. The van der Waals surface area contributed by atoms with Crippen LogP contribution in [0.4, 0.5) is 11.4 Å². The number of carbonyl (C=O) groups excluding carboxylic acids is 2. The van der Waals surface area contributed by atoms with E-state index in [0.717, 1.165) is 5.56 Å². The molecule has 2 aromatic carbocycles. The predicted molar refractivity (Wildman–Crippen MR) is 90.8 cm³/mol. The van der Waals surface area contributed by atoms with Gasteiger partial charge in [0.05, 0.1) is 7.11 Å². The number of ether oxygens (including phenoxy) is 1. The summed E-state index contributed by atoms with van der Waals surface area (Å²) in [5.74, 6) is 0.202. The van der Waals surface area contributed by atoms with Crippen molar-refractivity contribution in [3.8, 4) is 5.75 Å². The Morgan fingerprint density at radius 3 is 2.43 bits per heavy atom. The minimum atomic E-state index is -0.269. The first kappa shape index (κ1) is 16.5. The van der Waals surface area contributed by atoms with Gasteiger partial charge in [0, 0.05) is 24.4 Å². The number of nitrogens with one attached hydrogen (secondary N) is 1. The van der Waals surface area contributed by atoms with Crippen molar-refractivity contribution in [1.82, 2.24) is 0 Å². The van der Waals surface area contributed by atoms with Crippen LogP contribution in [-0.4, -0.2) is 25.5 Å². The van der Waals surface area contributed by atoms with Gasteiger partial charge in [0.25, 0.3) is 0 Å². The van der Waals surface area contributed by atoms with Crippen LogP contribution in [0.3, 0.4) is 0 Å². The summed E-state index contributed by atoms with van der Waals surface area (Å²) in [4.78, 5) is 25.5.